The number of hydrogen-bond acceptors (Lipinski definition) is 4. The van der Waals surface area contributed by atoms with Gasteiger partial charge in [-0.15, -0.1) is 18.2 Å². The molecule has 1 fully saturated rings. The van der Waals surface area contributed by atoms with Crippen LogP contribution in [0.4, 0.5) is 0 Å². The van der Waals surface area contributed by atoms with Crippen molar-refractivity contribution in [2.75, 3.05) is 0 Å². The molecule has 0 amide bonds. The molecule has 6 heteroatoms. The van der Waals surface area contributed by atoms with Crippen molar-refractivity contribution in [2.24, 2.45) is 5.41 Å². The van der Waals surface area contributed by atoms with Crippen LogP contribution in [0.15, 0.2) is 87.5 Å². The van der Waals surface area contributed by atoms with Crippen molar-refractivity contribution in [3.8, 4) is 11.3 Å². The topological polar surface area (TPSA) is 66.2 Å². The molecule has 0 bridgehead atoms. The second kappa shape index (κ2) is 13.3. The molecule has 1 unspecified atom stereocenters. The van der Waals surface area contributed by atoms with Crippen molar-refractivity contribution in [1.29, 1.82) is 0 Å². The molecule has 1 atom stereocenters. The number of aromatic nitrogens is 2. The van der Waals surface area contributed by atoms with E-state index in [0.717, 1.165) is 29.8 Å². The Morgan fingerprint density at radius 3 is 2.53 bits per heavy atom. The Morgan fingerprint density at radius 2 is 1.81 bits per heavy atom. The summed E-state index contributed by atoms with van der Waals surface area (Å²) < 4.78 is 112. The van der Waals surface area contributed by atoms with Crippen molar-refractivity contribution in [3.05, 3.63) is 124 Å². The number of allylic oxidation sites excluding steroid dienone is 2. The van der Waals surface area contributed by atoms with Crippen LogP contribution in [0.5, 0.6) is 0 Å². The molecule has 4 heterocycles. The molecular formula is C41H40IrN3O2. The van der Waals surface area contributed by atoms with Crippen LogP contribution in [-0.2, 0) is 20.1 Å². The van der Waals surface area contributed by atoms with E-state index in [-0.39, 0.29) is 59.5 Å². The van der Waals surface area contributed by atoms with E-state index in [9.17, 15) is 0 Å². The van der Waals surface area contributed by atoms with E-state index in [0.29, 0.717) is 52.1 Å². The number of hydrogen-bond donors (Lipinski definition) is 0. The van der Waals surface area contributed by atoms with E-state index in [4.69, 9.17) is 31.6 Å². The minimum absolute atomic E-state index is 0. The van der Waals surface area contributed by atoms with E-state index in [1.807, 2.05) is 18.2 Å². The summed E-state index contributed by atoms with van der Waals surface area (Å²) in [5.74, 6) is -0.511. The van der Waals surface area contributed by atoms with Gasteiger partial charge in [0.1, 0.15) is 0 Å². The third-order valence-electron chi connectivity index (χ3n) is 8.62. The van der Waals surface area contributed by atoms with Gasteiger partial charge >= 0.3 is 20.1 Å². The van der Waals surface area contributed by atoms with Crippen molar-refractivity contribution in [2.45, 2.75) is 78.9 Å². The number of oxazole rings is 1. The van der Waals surface area contributed by atoms with Gasteiger partial charge in [0.15, 0.2) is 22.6 Å². The molecule has 0 N–H and O–H groups in total. The van der Waals surface area contributed by atoms with Crippen LogP contribution >= 0.6 is 0 Å². The van der Waals surface area contributed by atoms with Gasteiger partial charge in [0.25, 0.3) is 0 Å². The van der Waals surface area contributed by atoms with Crippen LogP contribution in [0.2, 0.25) is 0 Å². The van der Waals surface area contributed by atoms with Crippen LogP contribution in [0.1, 0.15) is 104 Å². The van der Waals surface area contributed by atoms with Crippen LogP contribution in [-0.4, -0.2) is 9.97 Å². The van der Waals surface area contributed by atoms with Crippen molar-refractivity contribution < 1.29 is 46.8 Å². The standard InChI is InChI=1S/C28H27N2O2.C13H13N.Ir/c1-16-14-22(29-15-17(16)2)21-7-5-6-19-20-8-9-23-24(26(20)32-25(19)21)30-27(31-23)18-10-12-28(3,4)13-11-18;1-10-3-6-12(7-4-10)13-8-5-11(2)9-14-13;/h5-6,8-9,14-15,18H,10-13H2,1-4H3;3-6,8-9,13H,1-2H3;/q-1;-2;+3/i1D3,2D3,18D;1D3,2D3;. The van der Waals surface area contributed by atoms with Gasteiger partial charge < -0.3 is 19.1 Å². The fourth-order valence-electron chi connectivity index (χ4n) is 5.82. The average Bonchev–Trinajstić information content (AvgIpc) is 3.78. The predicted molar refractivity (Wildman–Crippen MR) is 187 cm³/mol. The first-order chi connectivity index (χ1) is 27.3. The molecule has 1 saturated carbocycles. The van der Waals surface area contributed by atoms with Gasteiger partial charge in [-0.05, 0) is 75.0 Å². The minimum Gasteiger partial charge on any atom is -0.683 e. The Morgan fingerprint density at radius 1 is 0.957 bits per heavy atom. The maximum Gasteiger partial charge on any atom is 3.00 e. The third-order valence-corrected chi connectivity index (χ3v) is 8.62. The molecule has 5 nitrogen and oxygen atoms in total. The summed E-state index contributed by atoms with van der Waals surface area (Å²) in [5.41, 5.74) is 3.35. The van der Waals surface area contributed by atoms with E-state index >= 15 is 0 Å². The molecule has 8 rings (SSSR count). The number of furan rings is 1. The number of fused-ring (bicyclic) bond motifs is 5. The van der Waals surface area contributed by atoms with Crippen molar-refractivity contribution in [1.82, 2.24) is 9.97 Å². The molecule has 3 aromatic heterocycles. The molecule has 3 aromatic carbocycles. The molecule has 240 valence electrons. The molecule has 1 aliphatic heterocycles. The second-order valence-corrected chi connectivity index (χ2v) is 12.5. The maximum atomic E-state index is 9.08. The summed E-state index contributed by atoms with van der Waals surface area (Å²) in [4.78, 5) is 9.05. The molecule has 47 heavy (non-hydrogen) atoms. The fraction of sp³-hybridized carbons (Fsp3) is 0.317. The first-order valence-corrected chi connectivity index (χ1v) is 15.1. The molecule has 0 spiro atoms. The van der Waals surface area contributed by atoms with Gasteiger partial charge in [0, 0.05) is 35.3 Å². The quantitative estimate of drug-likeness (QED) is 0.167. The smallest absolute Gasteiger partial charge is 0.683 e. The van der Waals surface area contributed by atoms with Gasteiger partial charge in [-0.3, -0.25) is 0 Å². The van der Waals surface area contributed by atoms with Gasteiger partial charge in [0.05, 0.1) is 5.58 Å². The Labute approximate surface area is 309 Å². The largest absolute Gasteiger partial charge is 3.00 e. The second-order valence-electron chi connectivity index (χ2n) is 12.5. The number of pyridine rings is 1. The van der Waals surface area contributed by atoms with Crippen LogP contribution < -0.4 is 0 Å². The fourth-order valence-corrected chi connectivity index (χ4v) is 5.82. The summed E-state index contributed by atoms with van der Waals surface area (Å²) in [5, 5.41) is 5.69. The normalized spacial score (nSPS) is 23.4. The summed E-state index contributed by atoms with van der Waals surface area (Å²) in [6.45, 7) is -5.14. The summed E-state index contributed by atoms with van der Waals surface area (Å²) in [7, 11) is 0. The van der Waals surface area contributed by atoms with Gasteiger partial charge in [0.2, 0.25) is 0 Å². The third kappa shape index (κ3) is 6.72. The van der Waals surface area contributed by atoms with Gasteiger partial charge in [-0.1, -0.05) is 67.0 Å². The summed E-state index contributed by atoms with van der Waals surface area (Å²) >= 11 is 0. The molecule has 0 radical (unpaired) electrons. The zero-order valence-corrected chi connectivity index (χ0v) is 28.2. The number of rotatable bonds is 3. The van der Waals surface area contributed by atoms with Crippen LogP contribution in [0, 0.1) is 38.1 Å². The Bertz CT molecular complexity index is 2590. The number of benzene rings is 3. The average molecular weight is 812 g/mol. The first kappa shape index (κ1) is 20.4. The SMILES string of the molecule is [2H]C([2H])([2H])C1=C[N-]C(c2[c-]cc(C([2H])([2H])[2H])cc2)C=C1.[2H]C([2H])([2H])c1cnc(-c2[c-]ccc3c2oc2c3ccc3oc(C4([2H])CCC(C)(C)CC4)nc32)cc1C([2H])([2H])[2H].[Ir+3]. The van der Waals surface area contributed by atoms with E-state index in [1.54, 1.807) is 18.2 Å². The molecular weight excluding hydrogens is 759 g/mol. The number of aryl methyl sites for hydroxylation is 3. The van der Waals surface area contributed by atoms with E-state index in [2.05, 4.69) is 36.3 Å². The van der Waals surface area contributed by atoms with Gasteiger partial charge in [-0.25, -0.2) is 4.98 Å². The zero-order chi connectivity index (χ0) is 42.9. The van der Waals surface area contributed by atoms with Crippen LogP contribution in [0.25, 0.3) is 49.6 Å². The Balaban J connectivity index is 0.000000243. The minimum atomic E-state index is -2.65. The number of nitrogens with zero attached hydrogens (tertiary/aromatic N) is 3. The molecule has 6 aromatic rings. The van der Waals surface area contributed by atoms with E-state index in [1.165, 1.54) is 30.5 Å². The first-order valence-electron chi connectivity index (χ1n) is 21.6. The Kier molecular flexibility index (Phi) is 5.75. The van der Waals surface area contributed by atoms with Gasteiger partial charge in [-0.2, -0.15) is 41.6 Å². The monoisotopic (exact) mass is 812 g/mol. The molecule has 2 aliphatic rings. The zero-order valence-electron chi connectivity index (χ0n) is 38.8. The summed E-state index contributed by atoms with van der Waals surface area (Å²) in [6.07, 6.45) is 8.79. The van der Waals surface area contributed by atoms with Crippen LogP contribution in [0.3, 0.4) is 0 Å². The van der Waals surface area contributed by atoms with Crippen molar-refractivity contribution >= 4 is 33.0 Å². The van der Waals surface area contributed by atoms with E-state index < -0.39 is 33.3 Å². The van der Waals surface area contributed by atoms with Crippen molar-refractivity contribution in [3.63, 3.8) is 0 Å². The molecule has 1 aliphatic carbocycles. The maximum absolute atomic E-state index is 9.08. The molecule has 0 saturated heterocycles. The Hall–Kier alpha value is -3.99. The predicted octanol–water partition coefficient (Wildman–Crippen LogP) is 11.6. The summed E-state index contributed by atoms with van der Waals surface area (Å²) in [6, 6.07) is 18.8.